The second-order valence-electron chi connectivity index (χ2n) is 8.03. The third-order valence-electron chi connectivity index (χ3n) is 5.59. The molecule has 0 amide bonds. The lowest BCUT2D eigenvalue weighted by Gasteiger charge is -2.60. The van der Waals surface area contributed by atoms with Crippen molar-refractivity contribution in [2.75, 3.05) is 25.3 Å². The third kappa shape index (κ3) is 3.18. The first-order valence-corrected chi connectivity index (χ1v) is 9.87. The van der Waals surface area contributed by atoms with Gasteiger partial charge in [-0.3, -0.25) is 14.5 Å². The summed E-state index contributed by atoms with van der Waals surface area (Å²) >= 11 is 6.47. The van der Waals surface area contributed by atoms with Gasteiger partial charge in [-0.25, -0.2) is 4.79 Å². The van der Waals surface area contributed by atoms with Gasteiger partial charge in [0, 0.05) is 38.0 Å². The summed E-state index contributed by atoms with van der Waals surface area (Å²) in [6.07, 6.45) is 3.06. The molecule has 0 saturated carbocycles. The minimum absolute atomic E-state index is 0.0511. The molecular formula is C21H23ClN2O5. The lowest BCUT2D eigenvalue weighted by atomic mass is 9.76. The van der Waals surface area contributed by atoms with E-state index in [9.17, 15) is 14.7 Å². The number of ether oxygens (including phenoxy) is 2. The Kier molecular flexibility index (Phi) is 4.83. The summed E-state index contributed by atoms with van der Waals surface area (Å²) in [7, 11) is 1.65. The molecule has 1 aromatic heterocycles. The van der Waals surface area contributed by atoms with E-state index >= 15 is 0 Å². The monoisotopic (exact) mass is 418 g/mol. The number of carboxylic acid groups (broad SMARTS) is 1. The highest BCUT2D eigenvalue weighted by molar-refractivity contribution is 6.32. The number of fused-ring (bicyclic) bond motifs is 6. The Hall–Kier alpha value is -2.51. The number of aromatic carboxylic acids is 1. The van der Waals surface area contributed by atoms with Crippen molar-refractivity contribution in [2.24, 2.45) is 0 Å². The maximum absolute atomic E-state index is 12.4. The van der Waals surface area contributed by atoms with Gasteiger partial charge in [0.15, 0.2) is 5.43 Å². The quantitative estimate of drug-likeness (QED) is 0.723. The minimum Gasteiger partial charge on any atom is -0.492 e. The largest absolute Gasteiger partial charge is 0.492 e. The number of carbonyl (C=O) groups is 1. The molecule has 0 spiro atoms. The number of rotatable bonds is 6. The van der Waals surface area contributed by atoms with E-state index in [0.29, 0.717) is 29.7 Å². The molecule has 0 unspecified atom stereocenters. The number of pyridine rings is 1. The summed E-state index contributed by atoms with van der Waals surface area (Å²) in [6.45, 7) is 5.28. The normalized spacial score (nSPS) is 18.3. The third-order valence-corrected chi connectivity index (χ3v) is 5.89. The van der Waals surface area contributed by atoms with Crippen molar-refractivity contribution < 1.29 is 19.4 Å². The number of hydrogen-bond acceptors (Lipinski definition) is 5. The van der Waals surface area contributed by atoms with Gasteiger partial charge in [-0.2, -0.15) is 0 Å². The second-order valence-corrected chi connectivity index (χ2v) is 8.44. The van der Waals surface area contributed by atoms with Crippen LogP contribution in [0.15, 0.2) is 29.2 Å². The zero-order chi connectivity index (χ0) is 20.9. The zero-order valence-corrected chi connectivity index (χ0v) is 17.3. The highest BCUT2D eigenvalue weighted by atomic mass is 35.5. The van der Waals surface area contributed by atoms with E-state index < -0.39 is 11.4 Å². The van der Waals surface area contributed by atoms with Crippen LogP contribution < -0.4 is 15.2 Å². The van der Waals surface area contributed by atoms with Crippen molar-refractivity contribution in [2.45, 2.75) is 38.3 Å². The number of carboxylic acids is 1. The fourth-order valence-corrected chi connectivity index (χ4v) is 4.49. The van der Waals surface area contributed by atoms with E-state index in [-0.39, 0.29) is 17.1 Å². The fourth-order valence-electron chi connectivity index (χ4n) is 4.27. The number of nitrogens with zero attached hydrogens (tertiary/aromatic N) is 2. The summed E-state index contributed by atoms with van der Waals surface area (Å²) in [6, 6.07) is 5.17. The molecule has 3 heterocycles. The van der Waals surface area contributed by atoms with Gasteiger partial charge in [0.25, 0.3) is 0 Å². The van der Waals surface area contributed by atoms with Crippen molar-refractivity contribution in [3.05, 3.63) is 50.8 Å². The van der Waals surface area contributed by atoms with Gasteiger partial charge >= 0.3 is 5.97 Å². The van der Waals surface area contributed by atoms with E-state index in [0.717, 1.165) is 24.0 Å². The molecule has 2 aliphatic heterocycles. The Labute approximate surface area is 173 Å². The standard InChI is InChI=1S/C21H23ClN2O5/c1-21(2)10-17-13-8-19(29-6-4-5-28-3)15(22)7-12(13)16-9-18(25)14(20(26)27)11-23(16)24(17)21/h7-9,11,17H,4-6,10H2,1-3H3,(H,26,27)/t17-/m1/s1. The van der Waals surface area contributed by atoms with Gasteiger partial charge in [0.2, 0.25) is 0 Å². The summed E-state index contributed by atoms with van der Waals surface area (Å²) in [5, 5.41) is 11.9. The van der Waals surface area contributed by atoms with Crippen LogP contribution in [0.4, 0.5) is 0 Å². The molecule has 7 nitrogen and oxygen atoms in total. The molecule has 1 saturated heterocycles. The molecule has 2 aliphatic rings. The highest BCUT2D eigenvalue weighted by Gasteiger charge is 2.50. The Morgan fingerprint density at radius 3 is 2.72 bits per heavy atom. The van der Waals surface area contributed by atoms with Gasteiger partial charge in [-0.05, 0) is 38.0 Å². The molecule has 1 atom stereocenters. The molecule has 0 radical (unpaired) electrons. The Bertz CT molecular complexity index is 1050. The lowest BCUT2D eigenvalue weighted by Crippen LogP contribution is -2.65. The second kappa shape index (κ2) is 7.07. The average molecular weight is 419 g/mol. The lowest BCUT2D eigenvalue weighted by molar-refractivity contribution is 0.0693. The predicted molar refractivity (Wildman–Crippen MR) is 110 cm³/mol. The van der Waals surface area contributed by atoms with E-state index in [2.05, 4.69) is 18.9 Å². The number of methoxy groups -OCH3 is 1. The smallest absolute Gasteiger partial charge is 0.341 e. The van der Waals surface area contributed by atoms with Crippen molar-refractivity contribution in [1.29, 1.82) is 0 Å². The molecule has 4 rings (SSSR count). The zero-order valence-electron chi connectivity index (χ0n) is 16.6. The summed E-state index contributed by atoms with van der Waals surface area (Å²) in [4.78, 5) is 23.9. The fraction of sp³-hybridized carbons (Fsp3) is 0.429. The Morgan fingerprint density at radius 2 is 2.07 bits per heavy atom. The number of aromatic nitrogens is 1. The molecule has 8 heteroatoms. The van der Waals surface area contributed by atoms with Crippen molar-refractivity contribution >= 4 is 17.6 Å². The predicted octanol–water partition coefficient (Wildman–Crippen LogP) is 3.46. The van der Waals surface area contributed by atoms with Crippen LogP contribution in [0, 0.1) is 0 Å². The van der Waals surface area contributed by atoms with Crippen LogP contribution in [0.3, 0.4) is 0 Å². The summed E-state index contributed by atoms with van der Waals surface area (Å²) in [5.41, 5.74) is 1.53. The molecule has 1 N–H and O–H groups in total. The van der Waals surface area contributed by atoms with Crippen LogP contribution in [0.1, 0.15) is 48.7 Å². The van der Waals surface area contributed by atoms with Crippen molar-refractivity contribution in [3.63, 3.8) is 0 Å². The first kappa shape index (κ1) is 19.8. The van der Waals surface area contributed by atoms with Crippen LogP contribution in [0.5, 0.6) is 5.75 Å². The Morgan fingerprint density at radius 1 is 1.31 bits per heavy atom. The van der Waals surface area contributed by atoms with E-state index in [4.69, 9.17) is 21.1 Å². The first-order chi connectivity index (χ1) is 13.7. The molecule has 2 aromatic rings. The van der Waals surface area contributed by atoms with Gasteiger partial charge < -0.3 is 14.6 Å². The molecular weight excluding hydrogens is 396 g/mol. The first-order valence-electron chi connectivity index (χ1n) is 9.50. The molecule has 0 bridgehead atoms. The van der Waals surface area contributed by atoms with Crippen LogP contribution in [-0.4, -0.2) is 41.6 Å². The Balaban J connectivity index is 1.82. The van der Waals surface area contributed by atoms with Crippen molar-refractivity contribution in [1.82, 2.24) is 4.68 Å². The number of halogens is 1. The van der Waals surface area contributed by atoms with Crippen LogP contribution >= 0.6 is 11.6 Å². The van der Waals surface area contributed by atoms with Gasteiger partial charge in [0.1, 0.15) is 11.3 Å². The van der Waals surface area contributed by atoms with Gasteiger partial charge in [-0.1, -0.05) is 11.6 Å². The molecule has 29 heavy (non-hydrogen) atoms. The summed E-state index contributed by atoms with van der Waals surface area (Å²) < 4.78 is 12.7. The van der Waals surface area contributed by atoms with E-state index in [1.54, 1.807) is 17.9 Å². The molecule has 1 aromatic carbocycles. The van der Waals surface area contributed by atoms with Crippen LogP contribution in [0.25, 0.3) is 11.3 Å². The molecule has 0 aliphatic carbocycles. The molecule has 154 valence electrons. The number of benzene rings is 1. The average Bonchev–Trinajstić information content (AvgIpc) is 2.64. The minimum atomic E-state index is -1.23. The van der Waals surface area contributed by atoms with Gasteiger partial charge in [0.05, 0.1) is 28.9 Å². The van der Waals surface area contributed by atoms with E-state index in [1.165, 1.54) is 12.3 Å². The van der Waals surface area contributed by atoms with Crippen LogP contribution in [-0.2, 0) is 4.74 Å². The van der Waals surface area contributed by atoms with Crippen LogP contribution in [0.2, 0.25) is 5.02 Å². The van der Waals surface area contributed by atoms with Gasteiger partial charge in [-0.15, -0.1) is 0 Å². The summed E-state index contributed by atoms with van der Waals surface area (Å²) in [5.74, 6) is -0.632. The maximum Gasteiger partial charge on any atom is 0.341 e. The topological polar surface area (TPSA) is 81.0 Å². The molecule has 1 fully saturated rings. The maximum atomic E-state index is 12.4. The highest BCUT2D eigenvalue weighted by Crippen LogP contribution is 2.52. The van der Waals surface area contributed by atoms with E-state index in [1.807, 2.05) is 6.07 Å². The van der Waals surface area contributed by atoms with Crippen molar-refractivity contribution in [3.8, 4) is 17.0 Å². The SMILES string of the molecule is COCCCOc1cc2c(cc1Cl)-c1cc(=O)c(C(=O)O)cn1N1[C@@H]2CC1(C)C. The number of hydrogen-bond donors (Lipinski definition) is 1.